The van der Waals surface area contributed by atoms with Crippen molar-refractivity contribution in [2.75, 3.05) is 33.4 Å². The van der Waals surface area contributed by atoms with Crippen LogP contribution < -0.4 is 5.32 Å². The van der Waals surface area contributed by atoms with Crippen LogP contribution in [0.2, 0.25) is 0 Å². The number of hydrogen-bond acceptors (Lipinski definition) is 4. The van der Waals surface area contributed by atoms with E-state index < -0.39 is 0 Å². The van der Waals surface area contributed by atoms with Crippen molar-refractivity contribution in [3.05, 3.63) is 35.9 Å². The van der Waals surface area contributed by atoms with Crippen molar-refractivity contribution in [3.8, 4) is 0 Å². The molecule has 1 aliphatic heterocycles. The molecule has 0 amide bonds. The number of rotatable bonds is 10. The zero-order valence-electron chi connectivity index (χ0n) is 15.3. The highest BCUT2D eigenvalue weighted by molar-refractivity contribution is 5.14. The highest BCUT2D eigenvalue weighted by Crippen LogP contribution is 2.20. The lowest BCUT2D eigenvalue weighted by Gasteiger charge is -2.40. The third-order valence-electron chi connectivity index (χ3n) is 5.05. The predicted octanol–water partition coefficient (Wildman–Crippen LogP) is 2.66. The van der Waals surface area contributed by atoms with Crippen molar-refractivity contribution in [1.29, 1.82) is 0 Å². The van der Waals surface area contributed by atoms with Gasteiger partial charge < -0.3 is 15.2 Å². The third kappa shape index (κ3) is 6.17. The molecule has 1 saturated heterocycles. The van der Waals surface area contributed by atoms with E-state index in [2.05, 4.69) is 47.5 Å². The maximum atomic E-state index is 9.77. The predicted molar refractivity (Wildman–Crippen MR) is 99.0 cm³/mol. The molecule has 2 N–H and O–H groups in total. The summed E-state index contributed by atoms with van der Waals surface area (Å²) in [7, 11) is 1.77. The van der Waals surface area contributed by atoms with Gasteiger partial charge in [0.05, 0.1) is 6.61 Å². The van der Waals surface area contributed by atoms with E-state index in [4.69, 9.17) is 4.74 Å². The molecule has 4 heteroatoms. The van der Waals surface area contributed by atoms with Gasteiger partial charge in [-0.1, -0.05) is 50.1 Å². The molecule has 1 aromatic carbocycles. The summed E-state index contributed by atoms with van der Waals surface area (Å²) in [6, 6.07) is 11.4. The number of piperidine rings is 1. The molecular weight excluding hydrogens is 300 g/mol. The van der Waals surface area contributed by atoms with Crippen LogP contribution in [0.25, 0.3) is 0 Å². The normalized spacial score (nSPS) is 23.3. The van der Waals surface area contributed by atoms with Gasteiger partial charge in [0.25, 0.3) is 0 Å². The van der Waals surface area contributed by atoms with Crippen LogP contribution in [0.4, 0.5) is 0 Å². The second-order valence-electron chi connectivity index (χ2n) is 7.02. The average molecular weight is 335 g/mol. The minimum atomic E-state index is 0.268. The zero-order valence-corrected chi connectivity index (χ0v) is 15.3. The van der Waals surface area contributed by atoms with Gasteiger partial charge in [-0.25, -0.2) is 0 Å². The van der Waals surface area contributed by atoms with E-state index >= 15 is 0 Å². The summed E-state index contributed by atoms with van der Waals surface area (Å²) in [6.07, 6.45) is 4.60. The van der Waals surface area contributed by atoms with E-state index in [0.29, 0.717) is 18.0 Å². The fourth-order valence-corrected chi connectivity index (χ4v) is 3.63. The van der Waals surface area contributed by atoms with Gasteiger partial charge in [-0.3, -0.25) is 4.90 Å². The van der Waals surface area contributed by atoms with E-state index in [9.17, 15) is 5.11 Å². The summed E-state index contributed by atoms with van der Waals surface area (Å²) in [5.41, 5.74) is 1.36. The number of hydrogen-bond donors (Lipinski definition) is 2. The lowest BCUT2D eigenvalue weighted by molar-refractivity contribution is 0.0726. The van der Waals surface area contributed by atoms with Crippen molar-refractivity contribution in [2.45, 2.75) is 51.2 Å². The molecule has 136 valence electrons. The Morgan fingerprint density at radius 2 is 2.12 bits per heavy atom. The van der Waals surface area contributed by atoms with Crippen molar-refractivity contribution >= 4 is 0 Å². The summed E-state index contributed by atoms with van der Waals surface area (Å²) in [4.78, 5) is 2.50. The standard InChI is InChI=1S/C20H34N2O2/c1-3-4-10-19(16-24-2)21-20-14-22(12-11-18(20)15-23)13-17-8-6-5-7-9-17/h5-9,18-21,23H,3-4,10-16H2,1-2H3/t18-,19+,20-/m0/s1. The van der Waals surface area contributed by atoms with Crippen molar-refractivity contribution < 1.29 is 9.84 Å². The Morgan fingerprint density at radius 3 is 2.79 bits per heavy atom. The van der Waals surface area contributed by atoms with Gasteiger partial charge in [0.1, 0.15) is 0 Å². The van der Waals surface area contributed by atoms with Gasteiger partial charge in [0.2, 0.25) is 0 Å². The van der Waals surface area contributed by atoms with Crippen LogP contribution in [-0.4, -0.2) is 55.5 Å². The van der Waals surface area contributed by atoms with Crippen LogP contribution in [0.15, 0.2) is 30.3 Å². The molecule has 2 rings (SSSR count). The maximum Gasteiger partial charge on any atom is 0.0615 e. The van der Waals surface area contributed by atoms with Crippen molar-refractivity contribution in [2.24, 2.45) is 5.92 Å². The third-order valence-corrected chi connectivity index (χ3v) is 5.05. The van der Waals surface area contributed by atoms with Gasteiger partial charge in [0.15, 0.2) is 0 Å². The first-order valence-electron chi connectivity index (χ1n) is 9.39. The molecule has 0 saturated carbocycles. The Balaban J connectivity index is 1.93. The van der Waals surface area contributed by atoms with E-state index in [1.54, 1.807) is 7.11 Å². The number of benzene rings is 1. The topological polar surface area (TPSA) is 44.7 Å². The molecule has 1 aliphatic rings. The van der Waals surface area contributed by atoms with Crippen molar-refractivity contribution in [3.63, 3.8) is 0 Å². The summed E-state index contributed by atoms with van der Waals surface area (Å²) in [5, 5.41) is 13.5. The number of likely N-dealkylation sites (tertiary alicyclic amines) is 1. The monoisotopic (exact) mass is 334 g/mol. The lowest BCUT2D eigenvalue weighted by atomic mass is 9.91. The van der Waals surface area contributed by atoms with Crippen LogP contribution in [0.1, 0.15) is 38.2 Å². The zero-order chi connectivity index (χ0) is 17.2. The van der Waals surface area contributed by atoms with Crippen LogP contribution in [0, 0.1) is 5.92 Å². The molecule has 1 heterocycles. The number of aliphatic hydroxyl groups is 1. The van der Waals surface area contributed by atoms with Crippen LogP contribution >= 0.6 is 0 Å². The SMILES string of the molecule is CCCC[C@H](COC)N[C@H]1CN(Cc2ccccc2)CC[C@H]1CO. The number of ether oxygens (including phenoxy) is 1. The first-order valence-corrected chi connectivity index (χ1v) is 9.39. The van der Waals surface area contributed by atoms with E-state index in [-0.39, 0.29) is 6.61 Å². The minimum Gasteiger partial charge on any atom is -0.396 e. The van der Waals surface area contributed by atoms with E-state index in [1.165, 1.54) is 18.4 Å². The molecule has 4 nitrogen and oxygen atoms in total. The van der Waals surface area contributed by atoms with Crippen LogP contribution in [0.5, 0.6) is 0 Å². The van der Waals surface area contributed by atoms with E-state index in [1.807, 2.05) is 0 Å². The molecule has 1 fully saturated rings. The molecular formula is C20H34N2O2. The summed E-state index contributed by atoms with van der Waals surface area (Å²) < 4.78 is 5.40. The average Bonchev–Trinajstić information content (AvgIpc) is 2.61. The molecule has 0 aromatic heterocycles. The molecule has 0 bridgehead atoms. The molecule has 0 unspecified atom stereocenters. The smallest absolute Gasteiger partial charge is 0.0615 e. The molecule has 24 heavy (non-hydrogen) atoms. The number of methoxy groups -OCH3 is 1. The Bertz CT molecular complexity index is 441. The molecule has 0 radical (unpaired) electrons. The largest absolute Gasteiger partial charge is 0.396 e. The molecule has 0 spiro atoms. The second kappa shape index (κ2) is 10.8. The Kier molecular flexibility index (Phi) is 8.75. The Morgan fingerprint density at radius 1 is 1.33 bits per heavy atom. The van der Waals surface area contributed by atoms with Gasteiger partial charge in [-0.05, 0) is 30.9 Å². The first-order chi connectivity index (χ1) is 11.8. The Labute approximate surface area is 147 Å². The Hall–Kier alpha value is -0.940. The van der Waals surface area contributed by atoms with Crippen LogP contribution in [-0.2, 0) is 11.3 Å². The summed E-state index contributed by atoms with van der Waals surface area (Å²) >= 11 is 0. The second-order valence-corrected chi connectivity index (χ2v) is 7.02. The highest BCUT2D eigenvalue weighted by Gasteiger charge is 2.30. The minimum absolute atomic E-state index is 0.268. The number of nitrogens with zero attached hydrogens (tertiary/aromatic N) is 1. The summed E-state index contributed by atoms with van der Waals surface area (Å²) in [6.45, 7) is 6.27. The van der Waals surface area contributed by atoms with E-state index in [0.717, 1.165) is 39.1 Å². The van der Waals surface area contributed by atoms with Gasteiger partial charge >= 0.3 is 0 Å². The fraction of sp³-hybridized carbons (Fsp3) is 0.700. The quantitative estimate of drug-likeness (QED) is 0.690. The number of unbranched alkanes of at least 4 members (excludes halogenated alkanes) is 1. The molecule has 3 atom stereocenters. The number of nitrogens with one attached hydrogen (secondary N) is 1. The van der Waals surface area contributed by atoms with Crippen LogP contribution in [0.3, 0.4) is 0 Å². The first kappa shape index (κ1) is 19.4. The van der Waals surface area contributed by atoms with Gasteiger partial charge in [-0.2, -0.15) is 0 Å². The maximum absolute atomic E-state index is 9.77. The van der Waals surface area contributed by atoms with Crippen molar-refractivity contribution in [1.82, 2.24) is 10.2 Å². The van der Waals surface area contributed by atoms with Gasteiger partial charge in [0, 0.05) is 38.9 Å². The number of aliphatic hydroxyl groups excluding tert-OH is 1. The van der Waals surface area contributed by atoms with Gasteiger partial charge in [-0.15, -0.1) is 0 Å². The highest BCUT2D eigenvalue weighted by atomic mass is 16.5. The molecule has 1 aromatic rings. The molecule has 0 aliphatic carbocycles. The lowest BCUT2D eigenvalue weighted by Crippen LogP contribution is -2.55. The summed E-state index contributed by atoms with van der Waals surface area (Å²) in [5.74, 6) is 0.345. The fourth-order valence-electron chi connectivity index (χ4n) is 3.63.